The van der Waals surface area contributed by atoms with Crippen molar-refractivity contribution >= 4 is 120 Å². The molecule has 4 N–H and O–H groups in total. The number of hydrogen-bond acceptors (Lipinski definition) is 20. The molecule has 0 heterocycles. The monoisotopic (exact) mass is 1080 g/mol. The lowest BCUT2D eigenvalue weighted by molar-refractivity contribution is 0.482. The molecule has 0 spiro atoms. The van der Waals surface area contributed by atoms with Crippen LogP contribution in [-0.2, 0) is 41.5 Å². The zero-order valence-electron chi connectivity index (χ0n) is 38.9. The molecule has 0 saturated heterocycles. The lowest BCUT2D eigenvalue weighted by atomic mass is 10.1. The van der Waals surface area contributed by atoms with E-state index in [9.17, 15) is 31.0 Å². The summed E-state index contributed by atoms with van der Waals surface area (Å²) >= 11 is 0. The van der Waals surface area contributed by atoms with E-state index >= 15 is 0 Å². The van der Waals surface area contributed by atoms with Crippen LogP contribution in [0.1, 0.15) is 22.3 Å². The summed E-state index contributed by atoms with van der Waals surface area (Å²) in [6.07, 6.45) is 0. The summed E-state index contributed by atoms with van der Waals surface area (Å²) in [4.78, 5) is -1.05. The Labute approximate surface area is 425 Å². The molecule has 378 valence electrons. The number of rotatable bonds is 12. The SMILES string of the molecule is Cc1cc(N=Nc2cc(C)c(N=Nc3ccc4cc(Nc5ccccc5)ccc4c3O)cc2C)ccc1N=Nc1ccc(N=Nc2cc3c(S(=O)(=O)O)cccc3cc2S(=O)(=O)O)c(C)c1.O=S(=O)=O.O=S(=O)=O. The first kappa shape index (κ1) is 54.7. The second kappa shape index (κ2) is 23.7. The van der Waals surface area contributed by atoms with E-state index in [-0.39, 0.29) is 22.2 Å². The summed E-state index contributed by atoms with van der Waals surface area (Å²) in [6, 6.07) is 39.3. The van der Waals surface area contributed by atoms with Crippen molar-refractivity contribution in [2.75, 3.05) is 5.32 Å². The third kappa shape index (κ3) is 14.7. The fraction of sp³-hybridized carbons (Fsp3) is 0.0833. The fourth-order valence-corrected chi connectivity index (χ4v) is 8.34. The largest absolute Gasteiger partial charge is 0.505 e. The van der Waals surface area contributed by atoms with Crippen molar-refractivity contribution in [1.82, 2.24) is 0 Å². The highest BCUT2D eigenvalue weighted by molar-refractivity contribution is 7.86. The van der Waals surface area contributed by atoms with E-state index in [2.05, 4.69) is 46.2 Å². The number of phenolic OH excluding ortho intramolecular Hbond substituents is 1. The van der Waals surface area contributed by atoms with Gasteiger partial charge in [-0.25, -0.2) is 0 Å². The van der Waals surface area contributed by atoms with Crippen molar-refractivity contribution in [3.63, 3.8) is 0 Å². The van der Waals surface area contributed by atoms with Crippen molar-refractivity contribution in [2.24, 2.45) is 40.9 Å². The third-order valence-electron chi connectivity index (χ3n) is 10.5. The molecule has 0 bridgehead atoms. The van der Waals surface area contributed by atoms with Crippen molar-refractivity contribution in [3.8, 4) is 5.75 Å². The maximum atomic E-state index is 12.2. The predicted octanol–water partition coefficient (Wildman–Crippen LogP) is 12.8. The standard InChI is InChI=1S/C48H39N9O7S2.2O3S/c1-28-21-37(51-55-43-23-31(4)44(24-30(43)3)56-54-42-18-13-33-25-35(14-17-38(33)48(42)58)49-34-10-6-5-7-11-34)15-19-40(28)52-50-36-16-20-41(29(2)22-36)53-57-45-27-39-32(26-47(45)66(62,63)64)9-8-12-46(39)65(59,60)61;2*1-4(2)3/h5-27,49,58H,1-4H3,(H,59,60,61)(H,62,63,64);;. The Morgan fingerprint density at radius 2 is 0.851 bits per heavy atom. The smallest absolute Gasteiger partial charge is 0.425 e. The number of fused-ring (bicyclic) bond motifs is 2. The molecule has 0 saturated carbocycles. The molecule has 8 aromatic carbocycles. The van der Waals surface area contributed by atoms with Crippen LogP contribution in [0.15, 0.2) is 190 Å². The number of anilines is 2. The molecule has 0 amide bonds. The molecule has 0 fully saturated rings. The Bertz CT molecular complexity index is 4050. The van der Waals surface area contributed by atoms with E-state index in [1.54, 1.807) is 43.3 Å². The number of aryl methyl sites for hydroxylation is 4. The lowest BCUT2D eigenvalue weighted by Crippen LogP contribution is -2.01. The van der Waals surface area contributed by atoms with E-state index < -0.39 is 51.2 Å². The number of phenols is 1. The molecule has 0 aliphatic heterocycles. The zero-order chi connectivity index (χ0) is 53.9. The normalized spacial score (nSPS) is 11.8. The maximum Gasteiger partial charge on any atom is 0.425 e. The Kier molecular flexibility index (Phi) is 17.5. The van der Waals surface area contributed by atoms with Crippen LogP contribution >= 0.6 is 0 Å². The van der Waals surface area contributed by atoms with Gasteiger partial charge in [-0.3, -0.25) is 9.11 Å². The molecule has 8 aromatic rings. The molecule has 0 aromatic heterocycles. The minimum absolute atomic E-state index is 0.00963. The van der Waals surface area contributed by atoms with E-state index in [1.807, 2.05) is 93.6 Å². The Balaban J connectivity index is 0.00000104. The third-order valence-corrected chi connectivity index (χ3v) is 12.3. The van der Waals surface area contributed by atoms with Crippen LogP contribution in [0.4, 0.5) is 56.9 Å². The van der Waals surface area contributed by atoms with Gasteiger partial charge in [0.1, 0.15) is 21.2 Å². The molecule has 0 aliphatic rings. The van der Waals surface area contributed by atoms with Crippen molar-refractivity contribution < 1.29 is 56.3 Å². The van der Waals surface area contributed by atoms with Crippen molar-refractivity contribution in [3.05, 3.63) is 162 Å². The number of nitrogens with zero attached hydrogens (tertiary/aromatic N) is 8. The quantitative estimate of drug-likeness (QED) is 0.0653. The summed E-state index contributed by atoms with van der Waals surface area (Å²) in [6.45, 7) is 7.41. The van der Waals surface area contributed by atoms with Crippen LogP contribution in [0.25, 0.3) is 21.5 Å². The second-order valence-corrected chi connectivity index (χ2v) is 19.3. The Morgan fingerprint density at radius 1 is 0.392 bits per heavy atom. The van der Waals surface area contributed by atoms with Gasteiger partial charge in [-0.15, -0.1) is 35.5 Å². The van der Waals surface area contributed by atoms with Crippen LogP contribution in [0, 0.1) is 27.7 Å². The van der Waals surface area contributed by atoms with E-state index in [1.165, 1.54) is 12.1 Å². The number of aromatic hydroxyl groups is 1. The highest BCUT2D eigenvalue weighted by atomic mass is 32.2. The first-order valence-corrected chi connectivity index (χ1v) is 26.0. The van der Waals surface area contributed by atoms with Gasteiger partial charge in [0.25, 0.3) is 20.2 Å². The minimum atomic E-state index is -4.79. The molecule has 22 nitrogen and oxygen atoms in total. The summed E-state index contributed by atoms with van der Waals surface area (Å²) in [5.74, 6) is 0.0417. The number of benzene rings is 8. The molecule has 74 heavy (non-hydrogen) atoms. The number of azo groups is 4. The molecule has 8 rings (SSSR count). The van der Waals surface area contributed by atoms with Crippen LogP contribution < -0.4 is 5.32 Å². The highest BCUT2D eigenvalue weighted by Crippen LogP contribution is 2.39. The van der Waals surface area contributed by atoms with Crippen molar-refractivity contribution in [2.45, 2.75) is 37.5 Å². The predicted molar refractivity (Wildman–Crippen MR) is 273 cm³/mol. The average molecular weight is 1080 g/mol. The Hall–Kier alpha value is -8.66. The van der Waals surface area contributed by atoms with Gasteiger partial charge in [0.15, 0.2) is 5.75 Å². The molecule has 26 heteroatoms. The molecular formula is C48H39N9O13S4. The van der Waals surface area contributed by atoms with Gasteiger partial charge in [-0.05, 0) is 164 Å². The fourth-order valence-electron chi connectivity index (χ4n) is 6.99. The number of para-hydroxylation sites is 1. The maximum absolute atomic E-state index is 12.2. The zero-order valence-corrected chi connectivity index (χ0v) is 42.2. The van der Waals surface area contributed by atoms with Crippen LogP contribution in [-0.4, -0.2) is 56.3 Å². The molecule has 0 unspecified atom stereocenters. The van der Waals surface area contributed by atoms with E-state index in [0.29, 0.717) is 50.8 Å². The van der Waals surface area contributed by atoms with Gasteiger partial charge in [-0.2, -0.15) is 47.5 Å². The van der Waals surface area contributed by atoms with Crippen LogP contribution in [0.3, 0.4) is 0 Å². The van der Waals surface area contributed by atoms with Crippen LogP contribution in [0.5, 0.6) is 5.75 Å². The first-order chi connectivity index (χ1) is 35.0. The van der Waals surface area contributed by atoms with Gasteiger partial charge in [0.2, 0.25) is 0 Å². The van der Waals surface area contributed by atoms with Gasteiger partial charge >= 0.3 is 21.2 Å². The molecular weight excluding hydrogens is 1040 g/mol. The molecule has 0 atom stereocenters. The number of hydrogen-bond donors (Lipinski definition) is 4. The highest BCUT2D eigenvalue weighted by Gasteiger charge is 2.21. The summed E-state index contributed by atoms with van der Waals surface area (Å²) in [5.41, 5.74) is 8.23. The second-order valence-electron chi connectivity index (χ2n) is 15.7. The summed E-state index contributed by atoms with van der Waals surface area (Å²) in [5, 5.41) is 50.8. The lowest BCUT2D eigenvalue weighted by Gasteiger charge is -2.09. The Morgan fingerprint density at radius 3 is 1.39 bits per heavy atom. The number of nitrogens with one attached hydrogen (secondary N) is 1. The van der Waals surface area contributed by atoms with E-state index in [4.69, 9.17) is 25.3 Å². The van der Waals surface area contributed by atoms with Crippen LogP contribution in [0.2, 0.25) is 0 Å². The van der Waals surface area contributed by atoms with Gasteiger partial charge in [-0.1, -0.05) is 36.4 Å². The molecule has 0 aliphatic carbocycles. The topological polar surface area (TPSA) is 342 Å². The van der Waals surface area contributed by atoms with Gasteiger partial charge in [0, 0.05) is 22.1 Å². The van der Waals surface area contributed by atoms with Gasteiger partial charge < -0.3 is 10.4 Å². The average Bonchev–Trinajstić information content (AvgIpc) is 3.32. The first-order valence-electron chi connectivity index (χ1n) is 21.1. The summed E-state index contributed by atoms with van der Waals surface area (Å²) < 4.78 is 119. The minimum Gasteiger partial charge on any atom is -0.505 e. The van der Waals surface area contributed by atoms with Gasteiger partial charge in [0.05, 0.1) is 34.1 Å². The van der Waals surface area contributed by atoms with E-state index in [0.717, 1.165) is 51.7 Å². The molecule has 0 radical (unpaired) electrons. The van der Waals surface area contributed by atoms with Crippen molar-refractivity contribution in [1.29, 1.82) is 0 Å². The summed E-state index contributed by atoms with van der Waals surface area (Å²) in [7, 11) is -15.7.